The summed E-state index contributed by atoms with van der Waals surface area (Å²) in [6.07, 6.45) is 0. The van der Waals surface area contributed by atoms with Crippen molar-refractivity contribution in [3.63, 3.8) is 0 Å². The summed E-state index contributed by atoms with van der Waals surface area (Å²) in [6.45, 7) is 7.48. The van der Waals surface area contributed by atoms with E-state index in [1.807, 2.05) is 61.4 Å². The van der Waals surface area contributed by atoms with Crippen LogP contribution in [0.15, 0.2) is 35.7 Å². The van der Waals surface area contributed by atoms with Crippen LogP contribution in [0.3, 0.4) is 0 Å². The van der Waals surface area contributed by atoms with E-state index in [2.05, 4.69) is 10.6 Å². The van der Waals surface area contributed by atoms with Crippen LogP contribution in [-0.4, -0.2) is 43.1 Å². The molecule has 0 bridgehead atoms. The Morgan fingerprint density at radius 3 is 2.62 bits per heavy atom. The molecule has 29 heavy (non-hydrogen) atoms. The summed E-state index contributed by atoms with van der Waals surface area (Å²) in [5.74, 6) is 0.986. The third-order valence-electron chi connectivity index (χ3n) is 4.07. The zero-order chi connectivity index (χ0) is 21.2. The van der Waals surface area contributed by atoms with E-state index in [1.54, 1.807) is 18.4 Å². The van der Waals surface area contributed by atoms with Crippen molar-refractivity contribution in [1.82, 2.24) is 15.5 Å². The number of benzene rings is 1. The van der Waals surface area contributed by atoms with E-state index in [4.69, 9.17) is 9.47 Å². The van der Waals surface area contributed by atoms with E-state index < -0.39 is 6.03 Å². The van der Waals surface area contributed by atoms with Gasteiger partial charge >= 0.3 is 6.03 Å². The van der Waals surface area contributed by atoms with Crippen LogP contribution in [0, 0.1) is 0 Å². The van der Waals surface area contributed by atoms with Crippen molar-refractivity contribution in [2.75, 3.05) is 20.2 Å². The predicted octanol–water partition coefficient (Wildman–Crippen LogP) is 3.39. The number of likely N-dealkylation sites (N-methyl/N-ethyl adjacent to an activating group) is 1. The SMILES string of the molecule is CCN(CC(=O)NC(=O)NC(C)C)Cc1ccc(OCc2cccs2)c(OC)c1. The Hall–Kier alpha value is -2.58. The number of thiophene rings is 1. The maximum absolute atomic E-state index is 12.1. The number of hydrogen-bond acceptors (Lipinski definition) is 6. The van der Waals surface area contributed by atoms with Crippen molar-refractivity contribution in [2.45, 2.75) is 40.0 Å². The van der Waals surface area contributed by atoms with Crippen molar-refractivity contribution in [1.29, 1.82) is 0 Å². The fraction of sp³-hybridized carbons (Fsp3) is 0.429. The van der Waals surface area contributed by atoms with Crippen molar-refractivity contribution in [3.05, 3.63) is 46.2 Å². The van der Waals surface area contributed by atoms with Crippen LogP contribution in [-0.2, 0) is 17.9 Å². The molecule has 2 aromatic rings. The van der Waals surface area contributed by atoms with Gasteiger partial charge in [-0.25, -0.2) is 4.79 Å². The van der Waals surface area contributed by atoms with Crippen LogP contribution in [0.2, 0.25) is 0 Å². The number of amides is 3. The first kappa shape index (κ1) is 22.7. The number of ether oxygens (including phenoxy) is 2. The Bertz CT molecular complexity index is 793. The lowest BCUT2D eigenvalue weighted by Crippen LogP contribution is -2.46. The summed E-state index contributed by atoms with van der Waals surface area (Å²) >= 11 is 1.64. The van der Waals surface area contributed by atoms with Gasteiger partial charge in [-0.2, -0.15) is 0 Å². The number of nitrogens with one attached hydrogen (secondary N) is 2. The molecule has 0 aliphatic rings. The molecule has 0 saturated carbocycles. The Morgan fingerprint density at radius 1 is 1.21 bits per heavy atom. The summed E-state index contributed by atoms with van der Waals surface area (Å²) in [6, 6.07) is 9.26. The summed E-state index contributed by atoms with van der Waals surface area (Å²) in [5.41, 5.74) is 0.992. The molecular formula is C21H29N3O4S. The molecule has 0 aliphatic carbocycles. The summed E-state index contributed by atoms with van der Waals surface area (Å²) in [7, 11) is 1.61. The van der Waals surface area contributed by atoms with Gasteiger partial charge in [-0.05, 0) is 49.5 Å². The zero-order valence-corrected chi connectivity index (χ0v) is 18.2. The Balaban J connectivity index is 1.94. The lowest BCUT2D eigenvalue weighted by atomic mass is 10.2. The normalized spacial score (nSPS) is 10.8. The van der Waals surface area contributed by atoms with Crippen LogP contribution < -0.4 is 20.1 Å². The van der Waals surface area contributed by atoms with Gasteiger partial charge in [-0.3, -0.25) is 15.0 Å². The van der Waals surface area contributed by atoms with Crippen molar-refractivity contribution >= 4 is 23.3 Å². The lowest BCUT2D eigenvalue weighted by Gasteiger charge is -2.21. The molecule has 2 rings (SSSR count). The molecule has 2 N–H and O–H groups in total. The highest BCUT2D eigenvalue weighted by molar-refractivity contribution is 7.09. The zero-order valence-electron chi connectivity index (χ0n) is 17.4. The number of rotatable bonds is 10. The summed E-state index contributed by atoms with van der Waals surface area (Å²) in [5, 5.41) is 7.00. The average Bonchev–Trinajstić information content (AvgIpc) is 3.19. The summed E-state index contributed by atoms with van der Waals surface area (Å²) in [4.78, 5) is 26.9. The molecule has 0 radical (unpaired) electrons. The molecule has 8 heteroatoms. The third-order valence-corrected chi connectivity index (χ3v) is 4.92. The molecule has 1 heterocycles. The largest absolute Gasteiger partial charge is 0.493 e. The van der Waals surface area contributed by atoms with Gasteiger partial charge in [0, 0.05) is 17.5 Å². The highest BCUT2D eigenvalue weighted by Gasteiger charge is 2.14. The van der Waals surface area contributed by atoms with Gasteiger partial charge in [0.2, 0.25) is 5.91 Å². The van der Waals surface area contributed by atoms with Gasteiger partial charge in [0.25, 0.3) is 0 Å². The highest BCUT2D eigenvalue weighted by Crippen LogP contribution is 2.29. The quantitative estimate of drug-likeness (QED) is 0.617. The Labute approximate surface area is 176 Å². The maximum atomic E-state index is 12.1. The number of imide groups is 1. The molecule has 0 atom stereocenters. The van der Waals surface area contributed by atoms with Gasteiger partial charge < -0.3 is 14.8 Å². The van der Waals surface area contributed by atoms with E-state index in [0.29, 0.717) is 31.2 Å². The monoisotopic (exact) mass is 419 g/mol. The average molecular weight is 420 g/mol. The van der Waals surface area contributed by atoms with E-state index in [-0.39, 0.29) is 18.5 Å². The second-order valence-electron chi connectivity index (χ2n) is 6.83. The third kappa shape index (κ3) is 7.75. The molecule has 3 amide bonds. The second-order valence-corrected chi connectivity index (χ2v) is 7.87. The predicted molar refractivity (Wildman–Crippen MR) is 114 cm³/mol. The number of carbonyl (C=O) groups excluding carboxylic acids is 2. The molecule has 0 unspecified atom stereocenters. The van der Waals surface area contributed by atoms with Crippen molar-refractivity contribution in [2.24, 2.45) is 0 Å². The molecule has 1 aromatic heterocycles. The Kier molecular flexibility index (Phi) is 8.95. The fourth-order valence-corrected chi connectivity index (χ4v) is 3.29. The minimum Gasteiger partial charge on any atom is -0.493 e. The number of urea groups is 1. The van der Waals surface area contributed by atoms with E-state index in [0.717, 1.165) is 10.4 Å². The lowest BCUT2D eigenvalue weighted by molar-refractivity contribution is -0.121. The highest BCUT2D eigenvalue weighted by atomic mass is 32.1. The molecule has 1 aromatic carbocycles. The molecule has 7 nitrogen and oxygen atoms in total. The van der Waals surface area contributed by atoms with E-state index in [9.17, 15) is 9.59 Å². The van der Waals surface area contributed by atoms with Crippen LogP contribution in [0.4, 0.5) is 4.79 Å². The first-order valence-corrected chi connectivity index (χ1v) is 10.4. The first-order chi connectivity index (χ1) is 13.9. The van der Waals surface area contributed by atoms with Crippen LogP contribution in [0.25, 0.3) is 0 Å². The van der Waals surface area contributed by atoms with E-state index >= 15 is 0 Å². The van der Waals surface area contributed by atoms with Crippen LogP contribution in [0.1, 0.15) is 31.2 Å². The number of nitrogens with zero attached hydrogens (tertiary/aromatic N) is 1. The minimum absolute atomic E-state index is 0.0295. The second kappa shape index (κ2) is 11.4. The van der Waals surface area contributed by atoms with Gasteiger partial charge in [-0.1, -0.05) is 19.1 Å². The number of carbonyl (C=O) groups is 2. The molecular weight excluding hydrogens is 390 g/mol. The van der Waals surface area contributed by atoms with Crippen LogP contribution in [0.5, 0.6) is 11.5 Å². The van der Waals surface area contributed by atoms with Gasteiger partial charge in [-0.15, -0.1) is 11.3 Å². The molecule has 0 fully saturated rings. The molecule has 0 spiro atoms. The maximum Gasteiger partial charge on any atom is 0.321 e. The van der Waals surface area contributed by atoms with E-state index in [1.165, 1.54) is 0 Å². The van der Waals surface area contributed by atoms with Crippen molar-refractivity contribution in [3.8, 4) is 11.5 Å². The van der Waals surface area contributed by atoms with Crippen molar-refractivity contribution < 1.29 is 19.1 Å². The topological polar surface area (TPSA) is 79.9 Å². The number of hydrogen-bond donors (Lipinski definition) is 2. The first-order valence-electron chi connectivity index (χ1n) is 9.56. The molecule has 0 aliphatic heterocycles. The number of methoxy groups -OCH3 is 1. The standard InChI is InChI=1S/C21H29N3O4S/c1-5-24(13-20(25)23-21(26)22-15(2)3)12-16-8-9-18(19(11-16)27-4)28-14-17-7-6-10-29-17/h6-11,15H,5,12-14H2,1-4H3,(H2,22,23,25,26). The van der Waals surface area contributed by atoms with Gasteiger partial charge in [0.15, 0.2) is 11.5 Å². The fourth-order valence-electron chi connectivity index (χ4n) is 2.68. The van der Waals surface area contributed by atoms with Crippen LogP contribution >= 0.6 is 11.3 Å². The minimum atomic E-state index is -0.477. The molecule has 158 valence electrons. The van der Waals surface area contributed by atoms with Gasteiger partial charge in [0.05, 0.1) is 13.7 Å². The molecule has 0 saturated heterocycles. The van der Waals surface area contributed by atoms with Gasteiger partial charge in [0.1, 0.15) is 6.61 Å². The smallest absolute Gasteiger partial charge is 0.321 e. The summed E-state index contributed by atoms with van der Waals surface area (Å²) < 4.78 is 11.3. The Morgan fingerprint density at radius 2 is 2.00 bits per heavy atom.